The molecule has 0 saturated heterocycles. The van der Waals surface area contributed by atoms with E-state index in [0.717, 1.165) is 35.4 Å². The first-order chi connectivity index (χ1) is 22.0. The standard InChI is InChI=1S/C34H22F6N6/c35-33(36,37)25-5-9-29(10-6-25)43-45-31-17-13-27(14-18-31)41-21-23-1-2-24(4-3-23)22-42-28-15-19-32(20-16-28)46-44-30-11-7-26(8-12-30)34(38,39)40/h1-22H/b41-21+,42-22+,45-43+,46-44+. The van der Waals surface area contributed by atoms with Crippen molar-refractivity contribution in [1.29, 1.82) is 0 Å². The van der Waals surface area contributed by atoms with Gasteiger partial charge in [0.1, 0.15) is 0 Å². The maximum absolute atomic E-state index is 12.7. The Balaban J connectivity index is 1.12. The quantitative estimate of drug-likeness (QED) is 0.0932. The predicted molar refractivity (Wildman–Crippen MR) is 165 cm³/mol. The Bertz CT molecular complexity index is 1720. The molecule has 0 aliphatic heterocycles. The SMILES string of the molecule is FC(F)(F)c1ccc(/N=N/c2ccc(/N=C/c3ccc(/C=N/c4ccc(/N=N/c5ccc(C(F)(F)F)cc5)cc4)cc3)cc2)cc1. The lowest BCUT2D eigenvalue weighted by atomic mass is 10.1. The maximum Gasteiger partial charge on any atom is 0.416 e. The highest BCUT2D eigenvalue weighted by molar-refractivity contribution is 5.86. The Kier molecular flexibility index (Phi) is 9.55. The van der Waals surface area contributed by atoms with E-state index in [-0.39, 0.29) is 0 Å². The van der Waals surface area contributed by atoms with Crippen LogP contribution in [0, 0.1) is 0 Å². The minimum atomic E-state index is -4.40. The van der Waals surface area contributed by atoms with Crippen LogP contribution in [0.1, 0.15) is 22.3 Å². The summed E-state index contributed by atoms with van der Waals surface area (Å²) in [5.74, 6) is 0. The fourth-order valence-corrected chi connectivity index (χ4v) is 3.84. The van der Waals surface area contributed by atoms with Gasteiger partial charge in [-0.05, 0) is 108 Å². The number of hydrogen-bond acceptors (Lipinski definition) is 6. The molecule has 5 aromatic carbocycles. The lowest BCUT2D eigenvalue weighted by molar-refractivity contribution is -0.138. The van der Waals surface area contributed by atoms with E-state index in [0.29, 0.717) is 34.1 Å². The van der Waals surface area contributed by atoms with Gasteiger partial charge in [0.15, 0.2) is 0 Å². The average Bonchev–Trinajstić information content (AvgIpc) is 3.05. The van der Waals surface area contributed by atoms with Gasteiger partial charge in [-0.1, -0.05) is 24.3 Å². The van der Waals surface area contributed by atoms with Gasteiger partial charge in [0.05, 0.1) is 45.3 Å². The highest BCUT2D eigenvalue weighted by atomic mass is 19.4. The Morgan fingerprint density at radius 2 is 0.565 bits per heavy atom. The van der Waals surface area contributed by atoms with Crippen LogP contribution in [0.25, 0.3) is 0 Å². The highest BCUT2D eigenvalue weighted by Gasteiger charge is 2.30. The summed E-state index contributed by atoms with van der Waals surface area (Å²) in [6.45, 7) is 0. The van der Waals surface area contributed by atoms with Crippen molar-refractivity contribution in [3.8, 4) is 0 Å². The second-order valence-electron chi connectivity index (χ2n) is 9.71. The molecule has 0 atom stereocenters. The number of hydrogen-bond donors (Lipinski definition) is 0. The number of benzene rings is 5. The van der Waals surface area contributed by atoms with E-state index < -0.39 is 23.5 Å². The topological polar surface area (TPSA) is 74.2 Å². The van der Waals surface area contributed by atoms with Crippen LogP contribution in [0.3, 0.4) is 0 Å². The number of alkyl halides is 6. The molecule has 0 spiro atoms. The molecule has 0 bridgehead atoms. The molecule has 0 radical (unpaired) electrons. The van der Waals surface area contributed by atoms with Gasteiger partial charge < -0.3 is 0 Å². The predicted octanol–water partition coefficient (Wildman–Crippen LogP) is 12.1. The number of halogens is 6. The number of azo groups is 2. The Hall–Kier alpha value is -5.78. The lowest BCUT2D eigenvalue weighted by Crippen LogP contribution is -2.03. The zero-order chi connectivity index (χ0) is 32.6. The summed E-state index contributed by atoms with van der Waals surface area (Å²) in [6, 6.07) is 30.2. The molecule has 0 amide bonds. The minimum Gasteiger partial charge on any atom is -0.256 e. The van der Waals surface area contributed by atoms with Gasteiger partial charge in [-0.2, -0.15) is 46.8 Å². The van der Waals surface area contributed by atoms with Crippen molar-refractivity contribution in [1.82, 2.24) is 0 Å². The van der Waals surface area contributed by atoms with Crippen molar-refractivity contribution >= 4 is 46.6 Å². The molecule has 0 aromatic heterocycles. The maximum atomic E-state index is 12.7. The zero-order valence-electron chi connectivity index (χ0n) is 23.7. The largest absolute Gasteiger partial charge is 0.416 e. The molecule has 0 fully saturated rings. The van der Waals surface area contributed by atoms with E-state index in [1.165, 1.54) is 24.3 Å². The van der Waals surface area contributed by atoms with Crippen LogP contribution in [0.2, 0.25) is 0 Å². The number of aliphatic imine (C=N–C) groups is 2. The average molecular weight is 629 g/mol. The van der Waals surface area contributed by atoms with Crippen LogP contribution in [0.15, 0.2) is 152 Å². The molecule has 5 aromatic rings. The fourth-order valence-electron chi connectivity index (χ4n) is 3.84. The molecule has 0 saturated carbocycles. The number of nitrogens with zero attached hydrogens (tertiary/aromatic N) is 6. The Morgan fingerprint density at radius 1 is 0.326 bits per heavy atom. The van der Waals surface area contributed by atoms with Gasteiger partial charge >= 0.3 is 12.4 Å². The molecule has 0 aliphatic carbocycles. The van der Waals surface area contributed by atoms with E-state index in [2.05, 4.69) is 30.4 Å². The lowest BCUT2D eigenvalue weighted by Gasteiger charge is -2.05. The van der Waals surface area contributed by atoms with E-state index in [4.69, 9.17) is 0 Å². The van der Waals surface area contributed by atoms with Gasteiger partial charge in [0.2, 0.25) is 0 Å². The van der Waals surface area contributed by atoms with Gasteiger partial charge in [-0.25, -0.2) is 0 Å². The first-order valence-corrected chi connectivity index (χ1v) is 13.6. The zero-order valence-corrected chi connectivity index (χ0v) is 23.7. The Labute approximate surface area is 259 Å². The molecule has 46 heavy (non-hydrogen) atoms. The molecular formula is C34H22F6N6. The smallest absolute Gasteiger partial charge is 0.256 e. The monoisotopic (exact) mass is 628 g/mol. The molecule has 0 N–H and O–H groups in total. The van der Waals surface area contributed by atoms with E-state index >= 15 is 0 Å². The summed E-state index contributed by atoms with van der Waals surface area (Å²) in [6.07, 6.45) is -5.39. The van der Waals surface area contributed by atoms with Crippen LogP contribution >= 0.6 is 0 Å². The fraction of sp³-hybridized carbons (Fsp3) is 0.0588. The minimum absolute atomic E-state index is 0.307. The Morgan fingerprint density at radius 3 is 0.826 bits per heavy atom. The third-order valence-electron chi connectivity index (χ3n) is 6.31. The second-order valence-corrected chi connectivity index (χ2v) is 9.71. The van der Waals surface area contributed by atoms with Crippen molar-refractivity contribution in [2.45, 2.75) is 12.4 Å². The third kappa shape index (κ3) is 9.11. The van der Waals surface area contributed by atoms with Crippen LogP contribution in [-0.4, -0.2) is 12.4 Å². The summed E-state index contributed by atoms with van der Waals surface area (Å²) in [4.78, 5) is 8.90. The van der Waals surface area contributed by atoms with Gasteiger partial charge in [0, 0.05) is 12.4 Å². The van der Waals surface area contributed by atoms with Crippen LogP contribution in [-0.2, 0) is 12.4 Å². The van der Waals surface area contributed by atoms with Crippen molar-refractivity contribution in [3.63, 3.8) is 0 Å². The molecule has 0 unspecified atom stereocenters. The van der Waals surface area contributed by atoms with Crippen molar-refractivity contribution in [2.75, 3.05) is 0 Å². The van der Waals surface area contributed by atoms with Crippen molar-refractivity contribution in [2.24, 2.45) is 30.4 Å². The molecule has 0 aliphatic rings. The molecule has 0 heterocycles. The summed E-state index contributed by atoms with van der Waals surface area (Å²) in [5, 5.41) is 16.0. The molecular weight excluding hydrogens is 606 g/mol. The van der Waals surface area contributed by atoms with E-state index in [1.54, 1.807) is 61.0 Å². The first kappa shape index (κ1) is 31.6. The summed E-state index contributed by atoms with van der Waals surface area (Å²) < 4.78 is 76.1. The second kappa shape index (κ2) is 13.9. The normalized spacial score (nSPS) is 12.7. The van der Waals surface area contributed by atoms with Gasteiger partial charge in [-0.15, -0.1) is 0 Å². The van der Waals surface area contributed by atoms with Crippen LogP contribution in [0.4, 0.5) is 60.5 Å². The van der Waals surface area contributed by atoms with Crippen molar-refractivity contribution < 1.29 is 26.3 Å². The van der Waals surface area contributed by atoms with Crippen LogP contribution in [0.5, 0.6) is 0 Å². The van der Waals surface area contributed by atoms with E-state index in [9.17, 15) is 26.3 Å². The number of rotatable bonds is 8. The molecule has 12 heteroatoms. The summed E-state index contributed by atoms with van der Waals surface area (Å²) >= 11 is 0. The van der Waals surface area contributed by atoms with Crippen LogP contribution < -0.4 is 0 Å². The molecule has 5 rings (SSSR count). The highest BCUT2D eigenvalue weighted by Crippen LogP contribution is 2.32. The molecule has 230 valence electrons. The van der Waals surface area contributed by atoms with Crippen molar-refractivity contribution in [3.05, 3.63) is 144 Å². The molecule has 6 nitrogen and oxygen atoms in total. The van der Waals surface area contributed by atoms with E-state index in [1.807, 2.05) is 24.3 Å². The summed E-state index contributed by atoms with van der Waals surface area (Å²) in [5.41, 5.74) is 3.27. The van der Waals surface area contributed by atoms with Gasteiger partial charge in [-0.3, -0.25) is 9.98 Å². The first-order valence-electron chi connectivity index (χ1n) is 13.6. The van der Waals surface area contributed by atoms with Gasteiger partial charge in [0.25, 0.3) is 0 Å². The summed E-state index contributed by atoms with van der Waals surface area (Å²) in [7, 11) is 0. The third-order valence-corrected chi connectivity index (χ3v) is 6.31.